The minimum absolute atomic E-state index is 0.0268. The molecule has 3 rings (SSSR count). The van der Waals surface area contributed by atoms with E-state index in [-0.39, 0.29) is 17.5 Å². The van der Waals surface area contributed by atoms with Gasteiger partial charge in [-0.2, -0.15) is 0 Å². The van der Waals surface area contributed by atoms with Crippen LogP contribution in [0.4, 0.5) is 9.18 Å². The van der Waals surface area contributed by atoms with Crippen molar-refractivity contribution in [3.8, 4) is 11.3 Å². The van der Waals surface area contributed by atoms with Gasteiger partial charge in [0.1, 0.15) is 11.6 Å². The number of hydrogen-bond donors (Lipinski definition) is 2. The zero-order valence-corrected chi connectivity index (χ0v) is 14.3. The highest BCUT2D eigenvalue weighted by Crippen LogP contribution is 2.31. The number of rotatable bonds is 4. The fourth-order valence-corrected chi connectivity index (χ4v) is 3.35. The Morgan fingerprint density at radius 2 is 2.08 bits per heavy atom. The summed E-state index contributed by atoms with van der Waals surface area (Å²) in [5, 5.41) is 18.4. The molecule has 1 aromatic heterocycles. The number of hydrogen-bond acceptors (Lipinski definition) is 3. The quantitative estimate of drug-likeness (QED) is 0.869. The number of aliphatic hydroxyl groups is 1. The lowest BCUT2D eigenvalue weighted by atomic mass is 9.96. The number of nitrogens with zero attached hydrogens (tertiary/aromatic N) is 3. The average molecular weight is 368 g/mol. The third-order valence-electron chi connectivity index (χ3n) is 4.49. The molecule has 2 N–H and O–H groups in total. The largest absolute Gasteiger partial charge is 0.465 e. The lowest BCUT2D eigenvalue weighted by Crippen LogP contribution is -2.37. The van der Waals surface area contributed by atoms with Gasteiger partial charge in [-0.1, -0.05) is 11.6 Å². The van der Waals surface area contributed by atoms with E-state index in [0.29, 0.717) is 43.7 Å². The van der Waals surface area contributed by atoms with Gasteiger partial charge in [0.25, 0.3) is 0 Å². The van der Waals surface area contributed by atoms with Crippen LogP contribution in [0.2, 0.25) is 5.02 Å². The van der Waals surface area contributed by atoms with E-state index < -0.39 is 11.9 Å². The monoisotopic (exact) mass is 367 g/mol. The van der Waals surface area contributed by atoms with Crippen molar-refractivity contribution in [1.29, 1.82) is 0 Å². The van der Waals surface area contributed by atoms with Crippen molar-refractivity contribution >= 4 is 17.7 Å². The topological polar surface area (TPSA) is 78.6 Å². The van der Waals surface area contributed by atoms with Crippen molar-refractivity contribution in [2.75, 3.05) is 19.7 Å². The zero-order valence-electron chi connectivity index (χ0n) is 13.5. The summed E-state index contributed by atoms with van der Waals surface area (Å²) < 4.78 is 15.3. The Balaban J connectivity index is 1.87. The summed E-state index contributed by atoms with van der Waals surface area (Å²) in [4.78, 5) is 17.1. The first kappa shape index (κ1) is 17.7. The van der Waals surface area contributed by atoms with E-state index >= 15 is 0 Å². The standard InChI is InChI=1S/C17H19ClFN3O3/c18-13-9-12(1-2-14(13)19)15-10-22(7-8-23)16(20-15)11-3-5-21(6-4-11)17(24)25/h1-2,9-11,23H,3-8H2,(H,24,25). The summed E-state index contributed by atoms with van der Waals surface area (Å²) in [7, 11) is 0. The molecular formula is C17H19ClFN3O3. The molecule has 0 radical (unpaired) electrons. The van der Waals surface area contributed by atoms with E-state index in [2.05, 4.69) is 4.98 Å². The van der Waals surface area contributed by atoms with Crippen molar-refractivity contribution in [3.05, 3.63) is 41.1 Å². The Kier molecular flexibility index (Phi) is 5.24. The SMILES string of the molecule is O=C(O)N1CCC(c2nc(-c3ccc(F)c(Cl)c3)cn2CCO)CC1. The summed E-state index contributed by atoms with van der Waals surface area (Å²) in [5.74, 6) is 0.447. The molecule has 6 nitrogen and oxygen atoms in total. The number of imidazole rings is 1. The van der Waals surface area contributed by atoms with E-state index in [1.807, 2.05) is 10.8 Å². The van der Waals surface area contributed by atoms with Gasteiger partial charge in [-0.3, -0.25) is 0 Å². The van der Waals surface area contributed by atoms with E-state index in [1.54, 1.807) is 6.07 Å². The van der Waals surface area contributed by atoms with Crippen molar-refractivity contribution in [2.45, 2.75) is 25.3 Å². The Labute approximate surface area is 149 Å². The molecule has 8 heteroatoms. The second-order valence-corrected chi connectivity index (χ2v) is 6.48. The number of amides is 1. The first-order valence-corrected chi connectivity index (χ1v) is 8.48. The zero-order chi connectivity index (χ0) is 18.0. The van der Waals surface area contributed by atoms with Crippen molar-refractivity contribution in [2.24, 2.45) is 0 Å². The van der Waals surface area contributed by atoms with Gasteiger partial charge in [0.2, 0.25) is 0 Å². The van der Waals surface area contributed by atoms with Gasteiger partial charge in [0, 0.05) is 37.3 Å². The van der Waals surface area contributed by atoms with Gasteiger partial charge in [0.15, 0.2) is 0 Å². The molecular weight excluding hydrogens is 349 g/mol. The number of aromatic nitrogens is 2. The van der Waals surface area contributed by atoms with Crippen molar-refractivity contribution in [1.82, 2.24) is 14.5 Å². The molecule has 1 fully saturated rings. The molecule has 134 valence electrons. The third kappa shape index (κ3) is 3.77. The molecule has 1 aliphatic rings. The number of halogens is 2. The number of carbonyl (C=O) groups is 1. The maximum atomic E-state index is 13.4. The predicted molar refractivity (Wildman–Crippen MR) is 91.3 cm³/mol. The Hall–Kier alpha value is -2.12. The average Bonchev–Trinajstić information content (AvgIpc) is 3.02. The predicted octanol–water partition coefficient (Wildman–Crippen LogP) is 3.19. The Morgan fingerprint density at radius 1 is 1.36 bits per heavy atom. The molecule has 1 amide bonds. The molecule has 0 saturated carbocycles. The summed E-state index contributed by atoms with van der Waals surface area (Å²) in [6.07, 6.45) is 2.27. The van der Waals surface area contributed by atoms with Gasteiger partial charge < -0.3 is 19.7 Å². The number of carboxylic acid groups (broad SMARTS) is 1. The molecule has 0 spiro atoms. The first-order valence-electron chi connectivity index (χ1n) is 8.11. The van der Waals surface area contributed by atoms with E-state index in [0.717, 1.165) is 5.82 Å². The normalized spacial score (nSPS) is 15.6. The highest BCUT2D eigenvalue weighted by atomic mass is 35.5. The molecule has 1 saturated heterocycles. The van der Waals surface area contributed by atoms with Gasteiger partial charge in [0.05, 0.1) is 17.3 Å². The summed E-state index contributed by atoms with van der Waals surface area (Å²) in [6, 6.07) is 4.44. The van der Waals surface area contributed by atoms with E-state index in [4.69, 9.17) is 16.7 Å². The molecule has 1 aliphatic heterocycles. The number of aliphatic hydroxyl groups excluding tert-OH is 1. The maximum Gasteiger partial charge on any atom is 0.407 e. The molecule has 2 aromatic rings. The lowest BCUT2D eigenvalue weighted by molar-refractivity contribution is 0.131. The van der Waals surface area contributed by atoms with Gasteiger partial charge in [-0.25, -0.2) is 14.2 Å². The lowest BCUT2D eigenvalue weighted by Gasteiger charge is -2.29. The fraction of sp³-hybridized carbons (Fsp3) is 0.412. The Morgan fingerprint density at radius 3 is 2.68 bits per heavy atom. The van der Waals surface area contributed by atoms with Gasteiger partial charge >= 0.3 is 6.09 Å². The van der Waals surface area contributed by atoms with Crippen molar-refractivity contribution < 1.29 is 19.4 Å². The summed E-state index contributed by atoms with van der Waals surface area (Å²) in [5.41, 5.74) is 1.36. The maximum absolute atomic E-state index is 13.4. The third-order valence-corrected chi connectivity index (χ3v) is 4.78. The fourth-order valence-electron chi connectivity index (χ4n) is 3.17. The van der Waals surface area contributed by atoms with Crippen LogP contribution < -0.4 is 0 Å². The number of likely N-dealkylation sites (tertiary alicyclic amines) is 1. The summed E-state index contributed by atoms with van der Waals surface area (Å²) >= 11 is 5.86. The second kappa shape index (κ2) is 7.41. The minimum Gasteiger partial charge on any atom is -0.465 e. The highest BCUT2D eigenvalue weighted by Gasteiger charge is 2.27. The van der Waals surface area contributed by atoms with Gasteiger partial charge in [-0.15, -0.1) is 0 Å². The summed E-state index contributed by atoms with van der Waals surface area (Å²) in [6.45, 7) is 1.30. The van der Waals surface area contributed by atoms with Crippen LogP contribution in [-0.4, -0.2) is 50.5 Å². The molecule has 0 aliphatic carbocycles. The molecule has 0 unspecified atom stereocenters. The van der Waals surface area contributed by atoms with Crippen LogP contribution in [0.25, 0.3) is 11.3 Å². The van der Waals surface area contributed by atoms with Crippen LogP contribution in [0.5, 0.6) is 0 Å². The van der Waals surface area contributed by atoms with Crippen molar-refractivity contribution in [3.63, 3.8) is 0 Å². The highest BCUT2D eigenvalue weighted by molar-refractivity contribution is 6.31. The van der Waals surface area contributed by atoms with E-state index in [9.17, 15) is 14.3 Å². The van der Waals surface area contributed by atoms with Crippen LogP contribution >= 0.6 is 11.6 Å². The molecule has 0 atom stereocenters. The van der Waals surface area contributed by atoms with Crippen LogP contribution in [0, 0.1) is 5.82 Å². The Bertz CT molecular complexity index is 772. The molecule has 1 aromatic carbocycles. The first-order chi connectivity index (χ1) is 12.0. The van der Waals surface area contributed by atoms with Crippen LogP contribution in [0.1, 0.15) is 24.6 Å². The van der Waals surface area contributed by atoms with Crippen LogP contribution in [0.15, 0.2) is 24.4 Å². The molecule has 2 heterocycles. The number of benzene rings is 1. The van der Waals surface area contributed by atoms with Crippen LogP contribution in [-0.2, 0) is 6.54 Å². The smallest absolute Gasteiger partial charge is 0.407 e. The second-order valence-electron chi connectivity index (χ2n) is 6.07. The molecule has 0 bridgehead atoms. The van der Waals surface area contributed by atoms with E-state index in [1.165, 1.54) is 17.0 Å². The minimum atomic E-state index is -0.904. The molecule has 25 heavy (non-hydrogen) atoms. The van der Waals surface area contributed by atoms with Crippen LogP contribution in [0.3, 0.4) is 0 Å². The van der Waals surface area contributed by atoms with Gasteiger partial charge in [-0.05, 0) is 31.0 Å². The number of piperidine rings is 1.